The summed E-state index contributed by atoms with van der Waals surface area (Å²) < 4.78 is 84.2. The van der Waals surface area contributed by atoms with Crippen LogP contribution in [0.5, 0.6) is 0 Å². The molecule has 0 aromatic rings. The molecule has 0 bridgehead atoms. The largest absolute Gasteiger partial charge is 0.468 e. The van der Waals surface area contributed by atoms with E-state index in [1.807, 2.05) is 0 Å². The lowest BCUT2D eigenvalue weighted by atomic mass is 9.82. The first-order chi connectivity index (χ1) is 45.3. The maximum atomic E-state index is 14.4. The zero-order valence-corrected chi connectivity index (χ0v) is 52.9. The van der Waals surface area contributed by atoms with Crippen molar-refractivity contribution in [1.29, 1.82) is 0 Å². The lowest BCUT2D eigenvalue weighted by Gasteiger charge is -2.42. The first-order valence-electron chi connectivity index (χ1n) is 30.6. The minimum atomic E-state index is -1.88. The number of aliphatic hydroxyl groups is 13. The Bertz CT molecular complexity index is 2850. The Morgan fingerprint density at radius 3 is 1.15 bits per heavy atom. The third kappa shape index (κ3) is 17.1. The summed E-state index contributed by atoms with van der Waals surface area (Å²) in [5, 5.41) is 135. The van der Waals surface area contributed by atoms with Gasteiger partial charge in [-0.25, -0.2) is 14.4 Å². The summed E-state index contributed by atoms with van der Waals surface area (Å²) >= 11 is 0. The maximum absolute atomic E-state index is 14.4. The molecule has 1 saturated carbocycles. The minimum Gasteiger partial charge on any atom is -0.468 e. The van der Waals surface area contributed by atoms with Gasteiger partial charge in [0.15, 0.2) is 18.9 Å². The Balaban J connectivity index is 1.13. The molecule has 7 rings (SSSR count). The van der Waals surface area contributed by atoms with E-state index in [0.29, 0.717) is 0 Å². The van der Waals surface area contributed by atoms with Gasteiger partial charge in [-0.1, -0.05) is 25.2 Å². The van der Waals surface area contributed by atoms with Gasteiger partial charge in [-0.15, -0.1) is 0 Å². The molecule has 0 radical (unpaired) electrons. The number of carbonyl (C=O) groups is 6. The highest BCUT2D eigenvalue weighted by Crippen LogP contribution is 2.46. The van der Waals surface area contributed by atoms with Crippen LogP contribution in [0.2, 0.25) is 0 Å². The SMILES string of the molecule is C/C=C1/[C@H](O[C@@H]2O[C@H](CO)[C@@H](O)[C@H](O)[C@H]2O)OC=C(C(=O)OC)[C@H]1CC(=O)OCC(CO)[C@@H]1C[C@H](OC(=O)C[C@@H]2C(C(=O)OC)=CO[C@@H](O[C@@H]3O[C@H](CO)[C@@H](O)[C@H](O)[C@H]3O)/C2=C/C)[C@@H](C)[C@H]1COC(=O)C[C@@H]1C(C(=O)OC)=CO[C@@H](O[C@@H]2O[C@H](CO)[C@@H](O)[C@H](O)[C@H]2O)/C1=C/C. The Hall–Kier alpha value is -6.10. The van der Waals surface area contributed by atoms with Gasteiger partial charge in [0.25, 0.3) is 0 Å². The fraction of sp³-hybridized carbons (Fsp3) is 0.705. The van der Waals surface area contributed by atoms with Crippen LogP contribution < -0.4 is 0 Å². The predicted octanol–water partition coefficient (Wildman–Crippen LogP) is -4.59. The van der Waals surface area contributed by atoms with E-state index < -0.39 is 253 Å². The standard InChI is InChI=1S/C61H86O34/c1-8-26-30(34(53(78)81-5)21-86-56(26)93-59-50(75)47(72)44(69)38(16-63)90-59)12-41(66)84-19-25(15-62)29-11-37(89-43(68)14-32-28(10-3)58(88-23-36(32)55(80)83-7)95-61-52(77)49(74)46(71)40(18-65)92-61)24(4)33(29)20-85-42(67)13-31-27(9-2)57(87-22-35(31)54(79)82-6)94-60-51(76)48(73)45(70)39(17-64)91-60/h8-10,21-25,29-33,37-40,44-52,56-65,69-77H,11-20H2,1-7H3/b26-8+,27-9+,28-10+/t24-,25?,29-,30-,31-,32-,33+,37-,38+,39+,40+,44+,45+,46+,47-,48-,49-,50+,51+,52+,56-,57-,58-,59-,60-,61-/m0/s1. The molecule has 534 valence electrons. The zero-order chi connectivity index (χ0) is 69.9. The van der Waals surface area contributed by atoms with Gasteiger partial charge in [-0.3, -0.25) is 14.4 Å². The van der Waals surface area contributed by atoms with Crippen molar-refractivity contribution in [1.82, 2.24) is 0 Å². The number of ether oxygens (including phenoxy) is 15. The highest BCUT2D eigenvalue weighted by Gasteiger charge is 2.52. The van der Waals surface area contributed by atoms with Crippen LogP contribution in [0.15, 0.2) is 70.5 Å². The molecule has 34 nitrogen and oxygen atoms in total. The molecule has 34 heteroatoms. The number of rotatable bonds is 25. The normalized spacial score (nSPS) is 38.8. The molecule has 1 aliphatic carbocycles. The molecule has 26 atom stereocenters. The Labute approximate surface area is 543 Å². The van der Waals surface area contributed by atoms with Crippen LogP contribution in [0.1, 0.15) is 53.4 Å². The van der Waals surface area contributed by atoms with Crippen LogP contribution >= 0.6 is 0 Å². The number of carbonyl (C=O) groups excluding carboxylic acids is 6. The van der Waals surface area contributed by atoms with Crippen LogP contribution in [-0.4, -0.2) is 280 Å². The molecular formula is C61H86O34. The summed E-state index contributed by atoms with van der Waals surface area (Å²) in [4.78, 5) is 82.6. The fourth-order valence-corrected chi connectivity index (χ4v) is 12.6. The highest BCUT2D eigenvalue weighted by atomic mass is 16.8. The van der Waals surface area contributed by atoms with Crippen molar-refractivity contribution < 1.29 is 166 Å². The molecule has 0 spiro atoms. The van der Waals surface area contributed by atoms with Gasteiger partial charge in [0.1, 0.15) is 79.4 Å². The van der Waals surface area contributed by atoms with Gasteiger partial charge < -0.3 is 137 Å². The van der Waals surface area contributed by atoms with Gasteiger partial charge in [0.2, 0.25) is 18.9 Å². The Morgan fingerprint density at radius 1 is 0.495 bits per heavy atom. The van der Waals surface area contributed by atoms with Crippen molar-refractivity contribution in [3.63, 3.8) is 0 Å². The smallest absolute Gasteiger partial charge is 0.337 e. The Kier molecular flexibility index (Phi) is 27.6. The third-order valence-electron chi connectivity index (χ3n) is 18.1. The summed E-state index contributed by atoms with van der Waals surface area (Å²) in [7, 11) is 3.22. The molecule has 1 unspecified atom stereocenters. The van der Waals surface area contributed by atoms with E-state index in [-0.39, 0.29) is 39.9 Å². The molecule has 6 heterocycles. The summed E-state index contributed by atoms with van der Waals surface area (Å²) in [5.41, 5.74) is -0.281. The number of hydrogen-bond acceptors (Lipinski definition) is 34. The van der Waals surface area contributed by atoms with E-state index in [2.05, 4.69) is 0 Å². The van der Waals surface area contributed by atoms with E-state index in [1.54, 1.807) is 6.92 Å². The van der Waals surface area contributed by atoms with Crippen LogP contribution in [0.25, 0.3) is 0 Å². The Morgan fingerprint density at radius 2 is 0.832 bits per heavy atom. The molecule has 95 heavy (non-hydrogen) atoms. The third-order valence-corrected chi connectivity index (χ3v) is 18.1. The van der Waals surface area contributed by atoms with E-state index in [0.717, 1.165) is 40.1 Å². The number of allylic oxidation sites excluding steroid dienone is 3. The lowest BCUT2D eigenvalue weighted by Crippen LogP contribution is -2.60. The molecule has 0 aromatic heterocycles. The van der Waals surface area contributed by atoms with Gasteiger partial charge in [-0.05, 0) is 39.0 Å². The number of hydrogen-bond donors (Lipinski definition) is 13. The molecule has 4 fully saturated rings. The van der Waals surface area contributed by atoms with Crippen molar-refractivity contribution >= 4 is 35.8 Å². The van der Waals surface area contributed by atoms with Crippen LogP contribution in [-0.2, 0) is 99.8 Å². The highest BCUT2D eigenvalue weighted by molar-refractivity contribution is 5.92. The number of methoxy groups -OCH3 is 3. The monoisotopic (exact) mass is 1360 g/mol. The van der Waals surface area contributed by atoms with Gasteiger partial charge >= 0.3 is 35.8 Å². The average Bonchev–Trinajstić information content (AvgIpc) is 1.09. The molecule has 0 aromatic carbocycles. The van der Waals surface area contributed by atoms with Crippen LogP contribution in [0.3, 0.4) is 0 Å². The van der Waals surface area contributed by atoms with Crippen molar-refractivity contribution in [3.05, 3.63) is 70.5 Å². The molecule has 3 saturated heterocycles. The van der Waals surface area contributed by atoms with Crippen molar-refractivity contribution in [2.45, 2.75) is 170 Å². The van der Waals surface area contributed by atoms with Crippen LogP contribution in [0.4, 0.5) is 0 Å². The second kappa shape index (κ2) is 34.4. The first-order valence-corrected chi connectivity index (χ1v) is 30.6. The second-order valence-corrected chi connectivity index (χ2v) is 23.5. The molecular weight excluding hydrogens is 1280 g/mol. The molecule has 13 N–H and O–H groups in total. The maximum Gasteiger partial charge on any atom is 0.337 e. The fourth-order valence-electron chi connectivity index (χ4n) is 12.6. The van der Waals surface area contributed by atoms with Gasteiger partial charge in [-0.2, -0.15) is 0 Å². The van der Waals surface area contributed by atoms with Gasteiger partial charge in [0.05, 0.1) is 109 Å². The van der Waals surface area contributed by atoms with E-state index in [9.17, 15) is 95.2 Å². The lowest BCUT2D eigenvalue weighted by molar-refractivity contribution is -0.327. The summed E-state index contributed by atoms with van der Waals surface area (Å²) in [6, 6.07) is 0. The second-order valence-electron chi connectivity index (χ2n) is 23.5. The number of esters is 6. The van der Waals surface area contributed by atoms with E-state index in [4.69, 9.17) is 71.1 Å². The van der Waals surface area contributed by atoms with E-state index in [1.165, 1.54) is 39.0 Å². The van der Waals surface area contributed by atoms with Crippen molar-refractivity contribution in [2.75, 3.05) is 61.0 Å². The first kappa shape index (κ1) is 76.3. The summed E-state index contributed by atoms with van der Waals surface area (Å²) in [5.74, 6) is -12.8. The number of aliphatic hydroxyl groups excluding tert-OH is 13. The van der Waals surface area contributed by atoms with E-state index >= 15 is 0 Å². The predicted molar refractivity (Wildman–Crippen MR) is 308 cm³/mol. The van der Waals surface area contributed by atoms with Gasteiger partial charge in [0, 0.05) is 52.9 Å². The van der Waals surface area contributed by atoms with Crippen molar-refractivity contribution in [2.24, 2.45) is 41.4 Å². The zero-order valence-electron chi connectivity index (χ0n) is 52.9. The van der Waals surface area contributed by atoms with Crippen LogP contribution in [0, 0.1) is 41.4 Å². The topological polar surface area (TPSA) is 504 Å². The average molecular weight is 1360 g/mol. The molecule has 6 aliphatic heterocycles. The minimum absolute atomic E-state index is 0.0957. The summed E-state index contributed by atoms with van der Waals surface area (Å²) in [6.07, 6.45) is -26.1. The molecule has 7 aliphatic rings. The van der Waals surface area contributed by atoms with Crippen molar-refractivity contribution in [3.8, 4) is 0 Å². The summed E-state index contributed by atoms with van der Waals surface area (Å²) in [6.45, 7) is 2.07. The quantitative estimate of drug-likeness (QED) is 0.0232. The molecule has 0 amide bonds.